The van der Waals surface area contributed by atoms with E-state index in [1.165, 1.54) is 31.7 Å². The van der Waals surface area contributed by atoms with Crippen LogP contribution in [0.25, 0.3) is 0 Å². The number of carbonyl (C=O) groups excluding carboxylic acids is 1. The Kier molecular flexibility index (Phi) is 5.93. The largest absolute Gasteiger partial charge is 0.495 e. The molecular weight excluding hydrogens is 424 g/mol. The molecule has 0 radical (unpaired) electrons. The number of carbonyl (C=O) groups is 1. The summed E-state index contributed by atoms with van der Waals surface area (Å²) >= 11 is 6.24. The molecule has 6 nitrogen and oxygen atoms in total. The second-order valence-corrected chi connectivity index (χ2v) is 10.3. The molecule has 2 bridgehead atoms. The number of hydrogen-bond acceptors (Lipinski definition) is 4. The van der Waals surface area contributed by atoms with Crippen molar-refractivity contribution in [3.05, 3.63) is 53.6 Å². The summed E-state index contributed by atoms with van der Waals surface area (Å²) in [5.41, 5.74) is 0.313. The minimum absolute atomic E-state index is 0.115. The van der Waals surface area contributed by atoms with Gasteiger partial charge in [0.2, 0.25) is 5.91 Å². The van der Waals surface area contributed by atoms with Gasteiger partial charge in [-0.1, -0.05) is 36.2 Å². The maximum atomic E-state index is 13.4. The zero-order chi connectivity index (χ0) is 21.3. The second kappa shape index (κ2) is 8.47. The lowest BCUT2D eigenvalue weighted by atomic mass is 9.95. The maximum absolute atomic E-state index is 13.4. The van der Waals surface area contributed by atoms with E-state index in [9.17, 15) is 13.2 Å². The Morgan fingerprint density at radius 3 is 2.53 bits per heavy atom. The fraction of sp³-hybridized carbons (Fsp3) is 0.409. The van der Waals surface area contributed by atoms with Gasteiger partial charge in [0.05, 0.1) is 22.7 Å². The lowest BCUT2D eigenvalue weighted by molar-refractivity contribution is -0.120. The number of amides is 1. The smallest absolute Gasteiger partial charge is 0.264 e. The van der Waals surface area contributed by atoms with Crippen molar-refractivity contribution in [1.82, 2.24) is 5.32 Å². The third-order valence-corrected chi connectivity index (χ3v) is 8.21. The van der Waals surface area contributed by atoms with Gasteiger partial charge in [0, 0.05) is 6.04 Å². The van der Waals surface area contributed by atoms with Crippen LogP contribution >= 0.6 is 11.6 Å². The fourth-order valence-electron chi connectivity index (χ4n) is 4.65. The molecule has 2 aromatic rings. The van der Waals surface area contributed by atoms with Gasteiger partial charge >= 0.3 is 0 Å². The van der Waals surface area contributed by atoms with Gasteiger partial charge in [0.15, 0.2) is 0 Å². The van der Waals surface area contributed by atoms with Crippen LogP contribution in [0.5, 0.6) is 5.75 Å². The number of methoxy groups -OCH3 is 1. The average Bonchev–Trinajstić information content (AvgIpc) is 3.36. The van der Waals surface area contributed by atoms with E-state index >= 15 is 0 Å². The van der Waals surface area contributed by atoms with Crippen LogP contribution in [0.1, 0.15) is 25.7 Å². The Labute approximate surface area is 182 Å². The Morgan fingerprint density at radius 1 is 1.17 bits per heavy atom. The Morgan fingerprint density at radius 2 is 1.93 bits per heavy atom. The molecule has 0 heterocycles. The Balaban J connectivity index is 1.61. The van der Waals surface area contributed by atoms with Crippen molar-refractivity contribution < 1.29 is 17.9 Å². The summed E-state index contributed by atoms with van der Waals surface area (Å²) in [5, 5.41) is 3.34. The zero-order valence-corrected chi connectivity index (χ0v) is 18.3. The van der Waals surface area contributed by atoms with Crippen LogP contribution in [0.4, 0.5) is 5.69 Å². The van der Waals surface area contributed by atoms with Crippen molar-refractivity contribution in [2.45, 2.75) is 36.6 Å². The van der Waals surface area contributed by atoms with E-state index in [4.69, 9.17) is 16.3 Å². The number of benzene rings is 2. The van der Waals surface area contributed by atoms with Crippen LogP contribution < -0.4 is 14.4 Å². The molecule has 2 saturated carbocycles. The second-order valence-electron chi connectivity index (χ2n) is 7.99. The number of fused-ring (bicyclic) bond motifs is 2. The van der Waals surface area contributed by atoms with E-state index in [1.54, 1.807) is 30.3 Å². The molecule has 30 heavy (non-hydrogen) atoms. The zero-order valence-electron chi connectivity index (χ0n) is 16.8. The minimum atomic E-state index is -3.96. The SMILES string of the molecule is COc1ccc(N(CC(=O)NC2CC3CCC2C3)S(=O)(=O)c2ccccc2)cc1Cl. The summed E-state index contributed by atoms with van der Waals surface area (Å²) in [6.45, 7) is -0.312. The maximum Gasteiger partial charge on any atom is 0.264 e. The van der Waals surface area contributed by atoms with Crippen LogP contribution in [0.3, 0.4) is 0 Å². The predicted molar refractivity (Wildman–Crippen MR) is 116 cm³/mol. The normalized spacial score (nSPS) is 22.7. The molecule has 0 spiro atoms. The van der Waals surface area contributed by atoms with E-state index < -0.39 is 10.0 Å². The average molecular weight is 449 g/mol. The number of hydrogen-bond donors (Lipinski definition) is 1. The number of nitrogens with zero attached hydrogens (tertiary/aromatic N) is 1. The van der Waals surface area contributed by atoms with E-state index in [2.05, 4.69) is 5.32 Å². The predicted octanol–water partition coefficient (Wildman–Crippen LogP) is 3.85. The quantitative estimate of drug-likeness (QED) is 0.698. The van der Waals surface area contributed by atoms with Crippen molar-refractivity contribution in [2.75, 3.05) is 18.0 Å². The van der Waals surface area contributed by atoms with Gasteiger partial charge < -0.3 is 10.1 Å². The van der Waals surface area contributed by atoms with E-state index in [0.29, 0.717) is 23.3 Å². The summed E-state index contributed by atoms with van der Waals surface area (Å²) < 4.78 is 33.0. The van der Waals surface area contributed by atoms with Crippen LogP contribution in [-0.4, -0.2) is 34.0 Å². The number of halogens is 1. The molecule has 2 aliphatic rings. The molecule has 2 aliphatic carbocycles. The van der Waals surface area contributed by atoms with Gasteiger partial charge in [-0.3, -0.25) is 9.10 Å². The fourth-order valence-corrected chi connectivity index (χ4v) is 6.34. The number of anilines is 1. The first-order valence-corrected chi connectivity index (χ1v) is 11.9. The molecule has 1 amide bonds. The molecule has 0 aliphatic heterocycles. The molecule has 3 unspecified atom stereocenters. The highest BCUT2D eigenvalue weighted by atomic mass is 35.5. The minimum Gasteiger partial charge on any atom is -0.495 e. The molecule has 0 saturated heterocycles. The summed E-state index contributed by atoms with van der Waals surface area (Å²) in [4.78, 5) is 13.0. The van der Waals surface area contributed by atoms with E-state index in [0.717, 1.165) is 23.6 Å². The van der Waals surface area contributed by atoms with Crippen molar-refractivity contribution in [3.8, 4) is 5.75 Å². The molecule has 2 aromatic carbocycles. The van der Waals surface area contributed by atoms with Crippen LogP contribution in [0, 0.1) is 11.8 Å². The topological polar surface area (TPSA) is 75.7 Å². The summed E-state index contributed by atoms with van der Waals surface area (Å²) in [7, 11) is -2.47. The molecule has 3 atom stereocenters. The van der Waals surface area contributed by atoms with Crippen molar-refractivity contribution in [1.29, 1.82) is 0 Å². The van der Waals surface area contributed by atoms with Crippen molar-refractivity contribution >= 4 is 33.2 Å². The Bertz CT molecular complexity index is 1030. The third-order valence-electron chi connectivity index (χ3n) is 6.13. The summed E-state index contributed by atoms with van der Waals surface area (Å²) in [6.07, 6.45) is 4.51. The molecule has 0 aromatic heterocycles. The lowest BCUT2D eigenvalue weighted by Gasteiger charge is -2.27. The molecule has 8 heteroatoms. The summed E-state index contributed by atoms with van der Waals surface area (Å²) in [6, 6.07) is 12.9. The highest BCUT2D eigenvalue weighted by molar-refractivity contribution is 7.92. The monoisotopic (exact) mass is 448 g/mol. The van der Waals surface area contributed by atoms with Gasteiger partial charge in [-0.2, -0.15) is 0 Å². The van der Waals surface area contributed by atoms with Crippen molar-refractivity contribution in [3.63, 3.8) is 0 Å². The van der Waals surface area contributed by atoms with E-state index in [1.807, 2.05) is 0 Å². The number of nitrogens with one attached hydrogen (secondary N) is 1. The first kappa shape index (κ1) is 21.0. The third kappa shape index (κ3) is 4.14. The van der Waals surface area contributed by atoms with Crippen LogP contribution in [0.2, 0.25) is 5.02 Å². The molecular formula is C22H25ClN2O4S. The number of sulfonamides is 1. The van der Waals surface area contributed by atoms with Gasteiger partial charge in [-0.05, 0) is 61.4 Å². The van der Waals surface area contributed by atoms with Crippen molar-refractivity contribution in [2.24, 2.45) is 11.8 Å². The number of rotatable bonds is 7. The van der Waals surface area contributed by atoms with Gasteiger partial charge in [-0.25, -0.2) is 8.42 Å². The van der Waals surface area contributed by atoms with Gasteiger partial charge in [0.1, 0.15) is 12.3 Å². The number of ether oxygens (including phenoxy) is 1. The molecule has 160 valence electrons. The lowest BCUT2D eigenvalue weighted by Crippen LogP contribution is -2.46. The first-order chi connectivity index (χ1) is 14.4. The van der Waals surface area contributed by atoms with Gasteiger partial charge in [0.25, 0.3) is 10.0 Å². The first-order valence-electron chi connectivity index (χ1n) is 10.1. The Hall–Kier alpha value is -2.25. The van der Waals surface area contributed by atoms with Crippen LogP contribution in [0.15, 0.2) is 53.4 Å². The molecule has 1 N–H and O–H groups in total. The van der Waals surface area contributed by atoms with Gasteiger partial charge in [-0.15, -0.1) is 0 Å². The van der Waals surface area contributed by atoms with E-state index in [-0.39, 0.29) is 28.4 Å². The molecule has 2 fully saturated rings. The highest BCUT2D eigenvalue weighted by Gasteiger charge is 2.40. The molecule has 4 rings (SSSR count). The highest BCUT2D eigenvalue weighted by Crippen LogP contribution is 2.44. The summed E-state index contributed by atoms with van der Waals surface area (Å²) in [5.74, 6) is 1.32. The van der Waals surface area contributed by atoms with Crippen LogP contribution in [-0.2, 0) is 14.8 Å². The standard InChI is InChI=1S/C22H25ClN2O4S/c1-29-21-10-9-17(13-19(21)23)25(30(27,28)18-5-3-2-4-6-18)14-22(26)24-20-12-15-7-8-16(20)11-15/h2-6,9-10,13,15-16,20H,7-8,11-12,14H2,1H3,(H,24,26).